The Kier molecular flexibility index (Phi) is 7.31. The van der Waals surface area contributed by atoms with Gasteiger partial charge < -0.3 is 14.9 Å². The molecular weight excluding hydrogens is 712 g/mol. The molecule has 0 saturated carbocycles. The number of aromatic nitrogens is 2. The van der Waals surface area contributed by atoms with Gasteiger partial charge in [-0.3, -0.25) is 4.98 Å². The van der Waals surface area contributed by atoms with E-state index in [-0.39, 0.29) is 32.2 Å². The Balaban J connectivity index is 0.00000329. The van der Waals surface area contributed by atoms with Crippen LogP contribution in [-0.4, -0.2) is 29.2 Å². The van der Waals surface area contributed by atoms with Gasteiger partial charge in [-0.1, -0.05) is 86.1 Å². The average Bonchev–Trinajstić information content (AvgIpc) is 3.01. The molecule has 1 aliphatic heterocycles. The van der Waals surface area contributed by atoms with E-state index in [1.165, 1.54) is 5.56 Å². The molecule has 0 aliphatic carbocycles. The normalized spacial score (nSPS) is 13.2. The third-order valence-electron chi connectivity index (χ3n) is 8.29. The van der Waals surface area contributed by atoms with Gasteiger partial charge in [0.2, 0.25) is 0 Å². The van der Waals surface area contributed by atoms with Crippen molar-refractivity contribution < 1.29 is 26.2 Å². The van der Waals surface area contributed by atoms with E-state index in [4.69, 9.17) is 9.97 Å². The first-order valence-corrected chi connectivity index (χ1v) is 14.1. The van der Waals surface area contributed by atoms with Gasteiger partial charge >= 0.3 is 0 Å². The van der Waals surface area contributed by atoms with Crippen molar-refractivity contribution in [3.8, 4) is 28.1 Å². The molecule has 0 atom stereocenters. The molecule has 6 heteroatoms. The number of hydrogen-bond donors (Lipinski definition) is 1. The van der Waals surface area contributed by atoms with Gasteiger partial charge in [0.15, 0.2) is 5.75 Å². The first-order chi connectivity index (χ1) is 20.3. The van der Waals surface area contributed by atoms with Crippen molar-refractivity contribution in [3.63, 3.8) is 0 Å². The zero-order valence-electron chi connectivity index (χ0n) is 24.4. The summed E-state index contributed by atoms with van der Waals surface area (Å²) in [6.45, 7) is 4.52. The van der Waals surface area contributed by atoms with Crippen molar-refractivity contribution in [2.75, 3.05) is 23.9 Å². The Morgan fingerprint density at radius 2 is 1.53 bits per heavy atom. The van der Waals surface area contributed by atoms with Crippen LogP contribution in [0.4, 0.5) is 22.9 Å². The molecule has 43 heavy (non-hydrogen) atoms. The van der Waals surface area contributed by atoms with E-state index in [0.717, 1.165) is 56.2 Å². The topological polar surface area (TPSA) is 52.5 Å². The molecule has 0 spiro atoms. The number of hydrogen-bond acceptors (Lipinski definition) is 5. The SMILES string of the molecule is CN(C)c1ccc2ccc(-c3[c-]c4c(cc3)C(C)(C)c3ccccc3N4c3cc(-c4ccccc4)ccn3)nc2c1O.[Pt]. The molecule has 0 fully saturated rings. The molecule has 7 rings (SSSR count). The van der Waals surface area contributed by atoms with E-state index in [9.17, 15) is 5.11 Å². The van der Waals surface area contributed by atoms with Crippen molar-refractivity contribution in [1.29, 1.82) is 0 Å². The van der Waals surface area contributed by atoms with Gasteiger partial charge in [-0.2, -0.15) is 0 Å². The number of anilines is 4. The summed E-state index contributed by atoms with van der Waals surface area (Å²) in [4.78, 5) is 13.9. The van der Waals surface area contributed by atoms with Crippen molar-refractivity contribution >= 4 is 33.8 Å². The summed E-state index contributed by atoms with van der Waals surface area (Å²) in [5.74, 6) is 1.00. The molecule has 2 aromatic heterocycles. The zero-order valence-corrected chi connectivity index (χ0v) is 26.7. The molecule has 1 N–H and O–H groups in total. The van der Waals surface area contributed by atoms with E-state index in [1.807, 2.05) is 61.6 Å². The van der Waals surface area contributed by atoms with Crippen molar-refractivity contribution in [3.05, 3.63) is 127 Å². The fourth-order valence-electron chi connectivity index (χ4n) is 6.04. The fraction of sp³-hybridized carbons (Fsp3) is 0.135. The maximum atomic E-state index is 11.0. The number of aromatic hydroxyl groups is 1. The quantitative estimate of drug-likeness (QED) is 0.184. The number of nitrogens with zero attached hydrogens (tertiary/aromatic N) is 4. The predicted octanol–water partition coefficient (Wildman–Crippen LogP) is 8.64. The third-order valence-corrected chi connectivity index (χ3v) is 8.29. The minimum absolute atomic E-state index is 0. The summed E-state index contributed by atoms with van der Waals surface area (Å²) < 4.78 is 0. The van der Waals surface area contributed by atoms with Crippen LogP contribution in [0.15, 0.2) is 109 Å². The minimum Gasteiger partial charge on any atom is -0.504 e. The number of phenolic OH excluding ortho intramolecular Hbond substituents is 1. The van der Waals surface area contributed by atoms with Gasteiger partial charge in [-0.15, -0.1) is 23.8 Å². The van der Waals surface area contributed by atoms with Gasteiger partial charge in [0, 0.05) is 52.4 Å². The van der Waals surface area contributed by atoms with Crippen LogP contribution in [0.2, 0.25) is 0 Å². The summed E-state index contributed by atoms with van der Waals surface area (Å²) in [5.41, 5.74) is 9.33. The van der Waals surface area contributed by atoms with Gasteiger partial charge in [0.05, 0.1) is 5.69 Å². The predicted molar refractivity (Wildman–Crippen MR) is 172 cm³/mol. The number of benzene rings is 4. The second kappa shape index (κ2) is 11.0. The van der Waals surface area contributed by atoms with Crippen LogP contribution >= 0.6 is 0 Å². The monoisotopic (exact) mass is 742 g/mol. The molecule has 0 bridgehead atoms. The Bertz CT molecular complexity index is 1970. The number of pyridine rings is 2. The Morgan fingerprint density at radius 3 is 2.33 bits per heavy atom. The van der Waals surface area contributed by atoms with E-state index in [0.29, 0.717) is 5.52 Å². The number of fused-ring (bicyclic) bond motifs is 3. The van der Waals surface area contributed by atoms with Crippen LogP contribution in [0.3, 0.4) is 0 Å². The molecule has 3 heterocycles. The van der Waals surface area contributed by atoms with E-state index in [1.54, 1.807) is 0 Å². The first-order valence-electron chi connectivity index (χ1n) is 14.1. The van der Waals surface area contributed by atoms with E-state index in [2.05, 4.69) is 91.5 Å². The van der Waals surface area contributed by atoms with Gasteiger partial charge in [0.25, 0.3) is 0 Å². The molecular formula is C37H31N4OPt-. The maximum Gasteiger partial charge on any atom is 0.164 e. The molecule has 0 amide bonds. The smallest absolute Gasteiger partial charge is 0.164 e. The average molecular weight is 743 g/mol. The molecule has 0 saturated heterocycles. The van der Waals surface area contributed by atoms with Gasteiger partial charge in [0.1, 0.15) is 11.3 Å². The van der Waals surface area contributed by atoms with Crippen molar-refractivity contribution in [2.45, 2.75) is 19.3 Å². The van der Waals surface area contributed by atoms with Crippen LogP contribution < -0.4 is 9.80 Å². The summed E-state index contributed by atoms with van der Waals surface area (Å²) in [6, 6.07) is 39.0. The second-order valence-electron chi connectivity index (χ2n) is 11.5. The number of para-hydroxylation sites is 1. The van der Waals surface area contributed by atoms with Crippen LogP contribution in [0.5, 0.6) is 5.75 Å². The van der Waals surface area contributed by atoms with E-state index < -0.39 is 0 Å². The van der Waals surface area contributed by atoms with Crippen LogP contribution in [0.25, 0.3) is 33.3 Å². The third kappa shape index (κ3) is 4.78. The zero-order chi connectivity index (χ0) is 29.0. The first kappa shape index (κ1) is 28.6. The molecule has 0 unspecified atom stereocenters. The fourth-order valence-corrected chi connectivity index (χ4v) is 6.04. The number of phenols is 1. The molecule has 216 valence electrons. The molecule has 5 nitrogen and oxygen atoms in total. The van der Waals surface area contributed by atoms with Crippen LogP contribution in [-0.2, 0) is 26.5 Å². The molecule has 1 aliphatic rings. The summed E-state index contributed by atoms with van der Waals surface area (Å²) in [6.07, 6.45) is 1.87. The summed E-state index contributed by atoms with van der Waals surface area (Å²) >= 11 is 0. The largest absolute Gasteiger partial charge is 0.504 e. The van der Waals surface area contributed by atoms with Crippen molar-refractivity contribution in [1.82, 2.24) is 9.97 Å². The molecule has 6 aromatic rings. The molecule has 4 aromatic carbocycles. The van der Waals surface area contributed by atoms with E-state index >= 15 is 0 Å². The summed E-state index contributed by atoms with van der Waals surface area (Å²) in [7, 11) is 3.83. The molecule has 0 radical (unpaired) electrons. The number of rotatable bonds is 4. The standard InChI is InChI=1S/C37H31N4O.Pt/c1-37(2)28-12-8-9-13-31(28)41(34-23-26(20-21-38-34)24-10-6-5-7-11-24)33-22-27(14-17-29(33)37)30-18-15-25-16-19-32(40(3)4)36(42)35(25)39-30;/h5-21,23,42H,1-4H3;/q-1;. The van der Waals surface area contributed by atoms with Gasteiger partial charge in [-0.25, -0.2) is 4.98 Å². The minimum atomic E-state index is -0.246. The maximum absolute atomic E-state index is 11.0. The Hall–Kier alpha value is -4.47. The van der Waals surface area contributed by atoms with Crippen LogP contribution in [0, 0.1) is 6.07 Å². The van der Waals surface area contributed by atoms with Crippen LogP contribution in [0.1, 0.15) is 25.0 Å². The second-order valence-corrected chi connectivity index (χ2v) is 11.5. The summed E-state index contributed by atoms with van der Waals surface area (Å²) in [5, 5.41) is 11.9. The van der Waals surface area contributed by atoms with Crippen molar-refractivity contribution in [2.24, 2.45) is 0 Å². The Morgan fingerprint density at radius 1 is 0.791 bits per heavy atom. The Labute approximate surface area is 266 Å². The van der Waals surface area contributed by atoms with Gasteiger partial charge in [-0.05, 0) is 57.8 Å².